The van der Waals surface area contributed by atoms with Crippen molar-refractivity contribution in [1.29, 1.82) is 0 Å². The Morgan fingerprint density at radius 1 is 1.00 bits per heavy atom. The third-order valence-corrected chi connectivity index (χ3v) is 2.57. The minimum atomic E-state index is -0.873. The van der Waals surface area contributed by atoms with Gasteiger partial charge in [-0.1, -0.05) is 0 Å². The summed E-state index contributed by atoms with van der Waals surface area (Å²) in [6.07, 6.45) is -1.75. The molecule has 1 heterocycles. The predicted octanol–water partition coefficient (Wildman–Crippen LogP) is -2.21. The molecule has 1 aliphatic rings. The van der Waals surface area contributed by atoms with Crippen LogP contribution in [0.3, 0.4) is 0 Å². The van der Waals surface area contributed by atoms with Crippen LogP contribution in [-0.2, 0) is 0 Å². The summed E-state index contributed by atoms with van der Waals surface area (Å²) in [5, 5.41) is 36.6. The number of aliphatic hydroxyl groups is 4. The highest BCUT2D eigenvalue weighted by Gasteiger charge is 2.44. The first-order valence-electron chi connectivity index (χ1n) is 3.93. The van der Waals surface area contributed by atoms with Crippen molar-refractivity contribution >= 4 is 0 Å². The van der Waals surface area contributed by atoms with Gasteiger partial charge in [0.1, 0.15) is 12.5 Å². The molecular weight excluding hydrogens is 162 g/mol. The van der Waals surface area contributed by atoms with Crippen LogP contribution in [0.1, 0.15) is 0 Å². The fourth-order valence-electron chi connectivity index (χ4n) is 1.66. The van der Waals surface area contributed by atoms with Crippen LogP contribution < -0.4 is 0 Å². The minimum absolute atomic E-state index is 0.228. The highest BCUT2D eigenvalue weighted by Crippen LogP contribution is 2.30. The maximum Gasteiger partial charge on any atom is 0.114 e. The van der Waals surface area contributed by atoms with Gasteiger partial charge in [-0.15, -0.1) is 0 Å². The Morgan fingerprint density at radius 3 is 1.58 bits per heavy atom. The summed E-state index contributed by atoms with van der Waals surface area (Å²) in [7, 11) is 1.55. The van der Waals surface area contributed by atoms with Gasteiger partial charge >= 0.3 is 0 Å². The molecule has 72 valence electrons. The van der Waals surface area contributed by atoms with E-state index in [-0.39, 0.29) is 13.2 Å². The van der Waals surface area contributed by atoms with E-state index < -0.39 is 24.3 Å². The molecule has 4 atom stereocenters. The summed E-state index contributed by atoms with van der Waals surface area (Å²) in [5.74, 6) is -0.926. The minimum Gasteiger partial charge on any atom is -0.396 e. The van der Waals surface area contributed by atoms with Gasteiger partial charge in [-0.25, -0.2) is 0 Å². The lowest BCUT2D eigenvalue weighted by Gasteiger charge is -2.18. The number of nitrogens with zero attached hydrogens (tertiary/aromatic N) is 1. The largest absolute Gasteiger partial charge is 0.396 e. The second-order valence-electron chi connectivity index (χ2n) is 3.19. The van der Waals surface area contributed by atoms with E-state index in [1.807, 2.05) is 0 Å². The van der Waals surface area contributed by atoms with Crippen molar-refractivity contribution < 1.29 is 20.4 Å². The second-order valence-corrected chi connectivity index (χ2v) is 3.19. The SMILES string of the molecule is CN1[C@@H](O)[C@@H](CO)[C@H](CO)[C@@H]1O. The topological polar surface area (TPSA) is 84.2 Å². The third kappa shape index (κ3) is 1.34. The van der Waals surface area contributed by atoms with Gasteiger partial charge in [0.15, 0.2) is 0 Å². The normalized spacial score (nSPS) is 43.8. The molecule has 0 spiro atoms. The predicted molar refractivity (Wildman–Crippen MR) is 40.9 cm³/mol. The molecule has 1 rings (SSSR count). The first kappa shape index (κ1) is 9.88. The molecule has 0 aromatic heterocycles. The van der Waals surface area contributed by atoms with Crippen LogP contribution in [-0.4, -0.2) is 58.0 Å². The molecule has 1 saturated heterocycles. The summed E-state index contributed by atoms with van der Waals surface area (Å²) >= 11 is 0. The van der Waals surface area contributed by atoms with Crippen molar-refractivity contribution in [1.82, 2.24) is 4.90 Å². The van der Waals surface area contributed by atoms with E-state index in [0.29, 0.717) is 0 Å². The number of likely N-dealkylation sites (tertiary alicyclic amines) is 1. The van der Waals surface area contributed by atoms with E-state index in [9.17, 15) is 10.2 Å². The van der Waals surface area contributed by atoms with Gasteiger partial charge in [0.2, 0.25) is 0 Å². The van der Waals surface area contributed by atoms with Crippen LogP contribution >= 0.6 is 0 Å². The van der Waals surface area contributed by atoms with E-state index in [1.54, 1.807) is 7.05 Å². The van der Waals surface area contributed by atoms with Gasteiger partial charge in [-0.3, -0.25) is 4.90 Å². The zero-order chi connectivity index (χ0) is 9.30. The lowest BCUT2D eigenvalue weighted by Crippen LogP contribution is -2.34. The molecule has 12 heavy (non-hydrogen) atoms. The summed E-state index contributed by atoms with van der Waals surface area (Å²) in [5.41, 5.74) is 0. The average Bonchev–Trinajstić information content (AvgIpc) is 2.29. The highest BCUT2D eigenvalue weighted by atomic mass is 16.3. The molecule has 0 aromatic carbocycles. The molecule has 0 unspecified atom stereocenters. The lowest BCUT2D eigenvalue weighted by atomic mass is 9.95. The summed E-state index contributed by atoms with van der Waals surface area (Å²) in [6.45, 7) is -0.457. The number of hydrogen-bond donors (Lipinski definition) is 4. The molecule has 5 heteroatoms. The Hall–Kier alpha value is -0.200. The summed E-state index contributed by atoms with van der Waals surface area (Å²) < 4.78 is 0. The van der Waals surface area contributed by atoms with Crippen molar-refractivity contribution in [2.24, 2.45) is 11.8 Å². The Balaban J connectivity index is 2.72. The van der Waals surface area contributed by atoms with Crippen LogP contribution in [0.25, 0.3) is 0 Å². The molecule has 1 aliphatic heterocycles. The summed E-state index contributed by atoms with van der Waals surface area (Å²) in [6, 6.07) is 0. The zero-order valence-corrected chi connectivity index (χ0v) is 6.96. The molecule has 0 aromatic rings. The van der Waals surface area contributed by atoms with Crippen molar-refractivity contribution in [2.45, 2.75) is 12.5 Å². The van der Waals surface area contributed by atoms with Crippen LogP contribution in [0.2, 0.25) is 0 Å². The zero-order valence-electron chi connectivity index (χ0n) is 6.96. The molecule has 0 aliphatic carbocycles. The molecule has 0 radical (unpaired) electrons. The van der Waals surface area contributed by atoms with Crippen LogP contribution in [0.5, 0.6) is 0 Å². The van der Waals surface area contributed by atoms with Crippen molar-refractivity contribution in [2.75, 3.05) is 20.3 Å². The van der Waals surface area contributed by atoms with E-state index in [4.69, 9.17) is 10.2 Å². The molecule has 4 N–H and O–H groups in total. The van der Waals surface area contributed by atoms with Gasteiger partial charge in [0.05, 0.1) is 13.2 Å². The van der Waals surface area contributed by atoms with Gasteiger partial charge in [0.25, 0.3) is 0 Å². The van der Waals surface area contributed by atoms with Gasteiger partial charge in [0, 0.05) is 11.8 Å². The van der Waals surface area contributed by atoms with Crippen molar-refractivity contribution in [3.8, 4) is 0 Å². The fraction of sp³-hybridized carbons (Fsp3) is 1.00. The number of hydrogen-bond acceptors (Lipinski definition) is 5. The van der Waals surface area contributed by atoms with E-state index in [0.717, 1.165) is 0 Å². The van der Waals surface area contributed by atoms with Crippen LogP contribution in [0.15, 0.2) is 0 Å². The maximum atomic E-state index is 9.42. The van der Waals surface area contributed by atoms with Crippen LogP contribution in [0.4, 0.5) is 0 Å². The van der Waals surface area contributed by atoms with E-state index in [2.05, 4.69) is 0 Å². The Kier molecular flexibility index (Phi) is 3.03. The fourth-order valence-corrected chi connectivity index (χ4v) is 1.66. The lowest BCUT2D eigenvalue weighted by molar-refractivity contribution is -0.0533. The molecule has 5 nitrogen and oxygen atoms in total. The molecular formula is C7H15NO4. The molecule has 0 amide bonds. The Labute approximate surface area is 70.9 Å². The quantitative estimate of drug-likeness (QED) is 0.384. The smallest absolute Gasteiger partial charge is 0.114 e. The number of rotatable bonds is 2. The monoisotopic (exact) mass is 177 g/mol. The van der Waals surface area contributed by atoms with Crippen molar-refractivity contribution in [3.05, 3.63) is 0 Å². The van der Waals surface area contributed by atoms with Gasteiger partial charge in [-0.05, 0) is 7.05 Å². The summed E-state index contributed by atoms with van der Waals surface area (Å²) in [4.78, 5) is 1.34. The maximum absolute atomic E-state index is 9.42. The first-order valence-corrected chi connectivity index (χ1v) is 3.93. The average molecular weight is 177 g/mol. The Morgan fingerprint density at radius 2 is 1.33 bits per heavy atom. The van der Waals surface area contributed by atoms with Gasteiger partial charge in [-0.2, -0.15) is 0 Å². The third-order valence-electron chi connectivity index (χ3n) is 2.57. The van der Waals surface area contributed by atoms with E-state index in [1.165, 1.54) is 4.90 Å². The van der Waals surface area contributed by atoms with Crippen LogP contribution in [0, 0.1) is 11.8 Å². The first-order chi connectivity index (χ1) is 5.63. The molecule has 1 fully saturated rings. The Bertz CT molecular complexity index is 138. The highest BCUT2D eigenvalue weighted by molar-refractivity contribution is 4.87. The van der Waals surface area contributed by atoms with E-state index >= 15 is 0 Å². The molecule has 0 bridgehead atoms. The number of aliphatic hydroxyl groups excluding tert-OH is 4. The van der Waals surface area contributed by atoms with Gasteiger partial charge < -0.3 is 20.4 Å². The molecule has 0 saturated carbocycles. The standard InChI is InChI=1S/C7H15NO4/c1-8-6(11)4(2-9)5(3-10)7(8)12/h4-7,9-12H,2-3H2,1H3/t4-,5-,6-,7-/m0/s1. The second kappa shape index (κ2) is 3.68. The van der Waals surface area contributed by atoms with Crippen molar-refractivity contribution in [3.63, 3.8) is 0 Å².